The Labute approximate surface area is 148 Å². The highest BCUT2D eigenvalue weighted by atomic mass is 16.5. The minimum Gasteiger partial charge on any atom is -0.376 e. The molecule has 3 atom stereocenters. The van der Waals surface area contributed by atoms with Gasteiger partial charge in [-0.1, -0.05) is 0 Å². The van der Waals surface area contributed by atoms with Crippen molar-refractivity contribution in [2.75, 3.05) is 31.6 Å². The zero-order chi connectivity index (χ0) is 17.1. The lowest BCUT2D eigenvalue weighted by Crippen LogP contribution is -2.60. The SMILES string of the molecule is CN(Cc1cncnc1)[C@@H]1CN(c2ncccn2)C[C@@H]2CCCO[C@@H]21. The Bertz CT molecular complexity index is 670. The van der Waals surface area contributed by atoms with E-state index >= 15 is 0 Å². The van der Waals surface area contributed by atoms with Crippen LogP contribution in [0.4, 0.5) is 5.95 Å². The largest absolute Gasteiger partial charge is 0.376 e. The van der Waals surface area contributed by atoms with Gasteiger partial charge in [0.25, 0.3) is 0 Å². The van der Waals surface area contributed by atoms with Crippen LogP contribution < -0.4 is 4.90 Å². The van der Waals surface area contributed by atoms with Gasteiger partial charge in [0.05, 0.1) is 12.1 Å². The van der Waals surface area contributed by atoms with Crippen molar-refractivity contribution in [3.63, 3.8) is 0 Å². The monoisotopic (exact) mass is 340 g/mol. The van der Waals surface area contributed by atoms with Gasteiger partial charge in [-0.2, -0.15) is 0 Å². The zero-order valence-corrected chi connectivity index (χ0v) is 14.5. The van der Waals surface area contributed by atoms with Crippen molar-refractivity contribution >= 4 is 5.95 Å². The van der Waals surface area contributed by atoms with E-state index in [0.29, 0.717) is 12.0 Å². The summed E-state index contributed by atoms with van der Waals surface area (Å²) in [6, 6.07) is 2.15. The molecule has 7 nitrogen and oxygen atoms in total. The van der Waals surface area contributed by atoms with E-state index in [2.05, 4.69) is 36.8 Å². The Kier molecular flexibility index (Phi) is 4.85. The molecule has 132 valence electrons. The molecule has 2 aliphatic rings. The normalized spacial score (nSPS) is 26.5. The molecule has 0 spiro atoms. The van der Waals surface area contributed by atoms with Crippen molar-refractivity contribution in [3.05, 3.63) is 42.7 Å². The molecule has 2 aromatic heterocycles. The summed E-state index contributed by atoms with van der Waals surface area (Å²) in [5.74, 6) is 1.33. The topological polar surface area (TPSA) is 67.3 Å². The van der Waals surface area contributed by atoms with Crippen LogP contribution in [-0.4, -0.2) is 63.7 Å². The molecule has 0 radical (unpaired) electrons. The number of anilines is 1. The number of likely N-dealkylation sites (N-methyl/N-ethyl adjacent to an activating group) is 1. The van der Waals surface area contributed by atoms with Crippen LogP contribution in [0.5, 0.6) is 0 Å². The molecule has 0 saturated carbocycles. The number of aromatic nitrogens is 4. The summed E-state index contributed by atoms with van der Waals surface area (Å²) in [7, 11) is 2.15. The highest BCUT2D eigenvalue weighted by molar-refractivity contribution is 5.31. The molecule has 0 bridgehead atoms. The molecule has 0 amide bonds. The number of ether oxygens (including phenoxy) is 1. The molecule has 7 heteroatoms. The van der Waals surface area contributed by atoms with Crippen LogP contribution in [0.2, 0.25) is 0 Å². The Morgan fingerprint density at radius 1 is 1.20 bits per heavy atom. The minimum absolute atomic E-state index is 0.267. The van der Waals surface area contributed by atoms with E-state index in [9.17, 15) is 0 Å². The molecule has 2 saturated heterocycles. The average molecular weight is 340 g/mol. The van der Waals surface area contributed by atoms with Gasteiger partial charge in [0.1, 0.15) is 6.33 Å². The quantitative estimate of drug-likeness (QED) is 0.833. The Balaban J connectivity index is 1.54. The summed E-state index contributed by atoms with van der Waals surface area (Å²) < 4.78 is 6.20. The van der Waals surface area contributed by atoms with E-state index < -0.39 is 0 Å². The first-order valence-electron chi connectivity index (χ1n) is 8.89. The van der Waals surface area contributed by atoms with Crippen LogP contribution in [0.3, 0.4) is 0 Å². The van der Waals surface area contributed by atoms with Crippen LogP contribution in [-0.2, 0) is 11.3 Å². The summed E-state index contributed by atoms with van der Waals surface area (Å²) in [5, 5.41) is 0. The van der Waals surface area contributed by atoms with Crippen LogP contribution >= 0.6 is 0 Å². The van der Waals surface area contributed by atoms with E-state index in [-0.39, 0.29) is 6.10 Å². The van der Waals surface area contributed by atoms with Crippen molar-refractivity contribution in [2.45, 2.75) is 31.5 Å². The Morgan fingerprint density at radius 3 is 2.80 bits per heavy atom. The maximum atomic E-state index is 6.20. The van der Waals surface area contributed by atoms with E-state index in [1.165, 1.54) is 6.42 Å². The smallest absolute Gasteiger partial charge is 0.225 e. The predicted molar refractivity (Wildman–Crippen MR) is 94.0 cm³/mol. The number of rotatable bonds is 4. The first-order chi connectivity index (χ1) is 12.3. The highest BCUT2D eigenvalue weighted by Crippen LogP contribution is 2.32. The summed E-state index contributed by atoms with van der Waals surface area (Å²) in [5.41, 5.74) is 1.12. The molecule has 0 N–H and O–H groups in total. The summed E-state index contributed by atoms with van der Waals surface area (Å²) >= 11 is 0. The van der Waals surface area contributed by atoms with Gasteiger partial charge < -0.3 is 9.64 Å². The highest BCUT2D eigenvalue weighted by Gasteiger charge is 2.41. The maximum Gasteiger partial charge on any atom is 0.225 e. The first kappa shape index (κ1) is 16.4. The van der Waals surface area contributed by atoms with Crippen molar-refractivity contribution in [3.8, 4) is 0 Å². The lowest BCUT2D eigenvalue weighted by Gasteiger charge is -2.48. The predicted octanol–water partition coefficient (Wildman–Crippen LogP) is 1.38. The number of piperidine rings is 1. The minimum atomic E-state index is 0.267. The molecule has 4 heterocycles. The van der Waals surface area contributed by atoms with Crippen LogP contribution in [0, 0.1) is 5.92 Å². The summed E-state index contributed by atoms with van der Waals surface area (Å²) in [6.07, 6.45) is 11.5. The van der Waals surface area contributed by atoms with Gasteiger partial charge >= 0.3 is 0 Å². The van der Waals surface area contributed by atoms with E-state index in [1.54, 1.807) is 6.33 Å². The number of fused-ring (bicyclic) bond motifs is 1. The molecular weight excluding hydrogens is 316 g/mol. The third-order valence-electron chi connectivity index (χ3n) is 5.18. The molecule has 25 heavy (non-hydrogen) atoms. The van der Waals surface area contributed by atoms with Gasteiger partial charge in [0, 0.05) is 62.5 Å². The van der Waals surface area contributed by atoms with Crippen LogP contribution in [0.1, 0.15) is 18.4 Å². The Morgan fingerprint density at radius 2 is 2.00 bits per heavy atom. The third kappa shape index (κ3) is 3.62. The van der Waals surface area contributed by atoms with Crippen molar-refractivity contribution in [2.24, 2.45) is 5.92 Å². The second-order valence-corrected chi connectivity index (χ2v) is 6.92. The zero-order valence-electron chi connectivity index (χ0n) is 14.5. The maximum absolute atomic E-state index is 6.20. The van der Waals surface area contributed by atoms with Crippen LogP contribution in [0.25, 0.3) is 0 Å². The number of nitrogens with zero attached hydrogens (tertiary/aromatic N) is 6. The van der Waals surface area contributed by atoms with E-state index in [1.807, 2.05) is 30.9 Å². The third-order valence-corrected chi connectivity index (χ3v) is 5.18. The molecular formula is C18H24N6O. The summed E-state index contributed by atoms with van der Waals surface area (Å²) in [6.45, 7) is 3.51. The molecule has 0 aromatic carbocycles. The molecule has 2 aromatic rings. The van der Waals surface area contributed by atoms with Gasteiger partial charge in [-0.3, -0.25) is 4.90 Å². The average Bonchev–Trinajstić information content (AvgIpc) is 2.68. The number of hydrogen-bond acceptors (Lipinski definition) is 7. The summed E-state index contributed by atoms with van der Waals surface area (Å²) in [4.78, 5) is 21.8. The second-order valence-electron chi connectivity index (χ2n) is 6.92. The molecule has 0 unspecified atom stereocenters. The molecule has 2 fully saturated rings. The molecule has 0 aliphatic carbocycles. The Hall–Kier alpha value is -2.12. The fourth-order valence-corrected chi connectivity index (χ4v) is 4.00. The fraction of sp³-hybridized carbons (Fsp3) is 0.556. The van der Waals surface area contributed by atoms with E-state index in [4.69, 9.17) is 4.74 Å². The second kappa shape index (κ2) is 7.41. The van der Waals surface area contributed by atoms with E-state index in [0.717, 1.165) is 44.2 Å². The van der Waals surface area contributed by atoms with Crippen molar-refractivity contribution in [1.29, 1.82) is 0 Å². The van der Waals surface area contributed by atoms with Crippen molar-refractivity contribution < 1.29 is 4.74 Å². The molecule has 2 aliphatic heterocycles. The van der Waals surface area contributed by atoms with Gasteiger partial charge in [-0.25, -0.2) is 19.9 Å². The lowest BCUT2D eigenvalue weighted by atomic mass is 9.85. The van der Waals surface area contributed by atoms with Crippen molar-refractivity contribution in [1.82, 2.24) is 24.8 Å². The molecule has 4 rings (SSSR count). The van der Waals surface area contributed by atoms with Gasteiger partial charge in [-0.15, -0.1) is 0 Å². The first-order valence-corrected chi connectivity index (χ1v) is 8.89. The fourth-order valence-electron chi connectivity index (χ4n) is 4.00. The number of hydrogen-bond donors (Lipinski definition) is 0. The lowest BCUT2D eigenvalue weighted by molar-refractivity contribution is -0.0801. The van der Waals surface area contributed by atoms with Gasteiger partial charge in [0.2, 0.25) is 5.95 Å². The van der Waals surface area contributed by atoms with Gasteiger partial charge in [0.15, 0.2) is 0 Å². The van der Waals surface area contributed by atoms with Gasteiger partial charge in [-0.05, 0) is 26.0 Å². The standard InChI is InChI=1S/C18H24N6O/c1-23(10-14-8-19-13-20-9-14)16-12-24(18-21-5-3-6-22-18)11-15-4-2-7-25-17(15)16/h3,5-6,8-9,13,15-17H,2,4,7,10-12H2,1H3/t15-,16+,17-/m0/s1. The van der Waals surface area contributed by atoms with Crippen LogP contribution in [0.15, 0.2) is 37.2 Å².